The Bertz CT molecular complexity index is 1090. The summed E-state index contributed by atoms with van der Waals surface area (Å²) in [6.07, 6.45) is 7.49. The third kappa shape index (κ3) is 5.17. The topological polar surface area (TPSA) is 78.7 Å². The van der Waals surface area contributed by atoms with Crippen molar-refractivity contribution in [3.05, 3.63) is 46.0 Å². The summed E-state index contributed by atoms with van der Waals surface area (Å²) >= 11 is 7.50. The number of nitrogens with one attached hydrogen (secondary N) is 2. The minimum Gasteiger partial charge on any atom is -0.379 e. The summed E-state index contributed by atoms with van der Waals surface area (Å²) < 4.78 is 42.3. The van der Waals surface area contributed by atoms with Gasteiger partial charge in [-0.25, -0.2) is 24.4 Å². The number of rotatable bonds is 6. The molecule has 3 atom stereocenters. The number of sulfonamides is 1. The molecule has 0 radical (unpaired) electrons. The fraction of sp³-hybridized carbons (Fsp3) is 0.524. The van der Waals surface area contributed by atoms with Crippen molar-refractivity contribution in [3.8, 4) is 0 Å². The Labute approximate surface area is 196 Å². The molecule has 2 N–H and O–H groups in total. The Kier molecular flexibility index (Phi) is 7.20. The van der Waals surface area contributed by atoms with Crippen LogP contribution in [0.15, 0.2) is 28.6 Å². The summed E-state index contributed by atoms with van der Waals surface area (Å²) in [4.78, 5) is 9.48. The van der Waals surface area contributed by atoms with Crippen molar-refractivity contribution in [3.63, 3.8) is 0 Å². The largest absolute Gasteiger partial charge is 0.379 e. The van der Waals surface area contributed by atoms with Gasteiger partial charge in [0.05, 0.1) is 17.3 Å². The number of anilines is 2. The SMILES string of the molecule is [C-]#[N+][C@H]1CCCN([C@H]2CCCC[C@@H]2Nc2cc(F)c(S(=O)(=O)Nc3nccs3)cc2Cl)C1. The number of piperidine rings is 1. The van der Waals surface area contributed by atoms with E-state index in [2.05, 4.69) is 24.8 Å². The van der Waals surface area contributed by atoms with Gasteiger partial charge >= 0.3 is 0 Å². The lowest BCUT2D eigenvalue weighted by Crippen LogP contribution is -2.52. The molecule has 1 aromatic carbocycles. The van der Waals surface area contributed by atoms with Crippen LogP contribution >= 0.6 is 22.9 Å². The van der Waals surface area contributed by atoms with Crippen LogP contribution in [0.25, 0.3) is 4.85 Å². The van der Waals surface area contributed by atoms with Crippen molar-refractivity contribution in [2.75, 3.05) is 23.1 Å². The van der Waals surface area contributed by atoms with Gasteiger partial charge in [0.25, 0.3) is 10.0 Å². The standard InChI is InChI=1S/C21H25ClFN5O2S2/c1-24-14-5-4-9-28(13-14)19-7-3-2-6-17(19)26-18-12-16(23)20(11-15(18)22)32(29,30)27-21-25-8-10-31-21/h8,10-12,14,17,19,26H,2-7,9,13H2,(H,25,27)/t14-,17-,19-/m0/s1. The Hall–Kier alpha value is -1.93. The summed E-state index contributed by atoms with van der Waals surface area (Å²) in [6, 6.07) is 2.62. The molecular weight excluding hydrogens is 473 g/mol. The highest BCUT2D eigenvalue weighted by atomic mass is 35.5. The molecule has 1 aliphatic carbocycles. The van der Waals surface area contributed by atoms with Gasteiger partial charge in [0, 0.05) is 30.1 Å². The summed E-state index contributed by atoms with van der Waals surface area (Å²) in [7, 11) is -4.15. The first-order valence-electron chi connectivity index (χ1n) is 10.7. The smallest absolute Gasteiger partial charge is 0.266 e. The van der Waals surface area contributed by atoms with E-state index in [9.17, 15) is 12.8 Å². The zero-order valence-corrected chi connectivity index (χ0v) is 19.8. The fourth-order valence-electron chi connectivity index (χ4n) is 4.60. The number of halogens is 2. The van der Waals surface area contributed by atoms with E-state index in [0.29, 0.717) is 5.69 Å². The van der Waals surface area contributed by atoms with Crippen LogP contribution in [0.2, 0.25) is 5.02 Å². The highest BCUT2D eigenvalue weighted by Crippen LogP contribution is 2.34. The Balaban J connectivity index is 1.53. The molecule has 0 spiro atoms. The van der Waals surface area contributed by atoms with Gasteiger partial charge in [-0.3, -0.25) is 9.62 Å². The van der Waals surface area contributed by atoms with E-state index >= 15 is 0 Å². The molecule has 0 amide bonds. The van der Waals surface area contributed by atoms with Crippen molar-refractivity contribution in [2.24, 2.45) is 0 Å². The van der Waals surface area contributed by atoms with E-state index in [1.807, 2.05) is 0 Å². The predicted molar refractivity (Wildman–Crippen MR) is 125 cm³/mol. The lowest BCUT2D eigenvalue weighted by atomic mass is 9.87. The van der Waals surface area contributed by atoms with Crippen molar-refractivity contribution in [1.82, 2.24) is 9.88 Å². The van der Waals surface area contributed by atoms with Crippen molar-refractivity contribution >= 4 is 43.8 Å². The zero-order chi connectivity index (χ0) is 22.7. The third-order valence-electron chi connectivity index (χ3n) is 6.11. The Morgan fingerprint density at radius 3 is 2.81 bits per heavy atom. The molecule has 7 nitrogen and oxygen atoms in total. The van der Waals surface area contributed by atoms with Crippen molar-refractivity contribution in [2.45, 2.75) is 61.5 Å². The zero-order valence-electron chi connectivity index (χ0n) is 17.4. The van der Waals surface area contributed by atoms with E-state index in [1.165, 1.54) is 6.20 Å². The van der Waals surface area contributed by atoms with Gasteiger partial charge in [-0.1, -0.05) is 24.4 Å². The van der Waals surface area contributed by atoms with Gasteiger partial charge in [0.1, 0.15) is 10.7 Å². The number of hydrogen-bond donors (Lipinski definition) is 2. The molecule has 1 saturated carbocycles. The second kappa shape index (κ2) is 9.91. The molecule has 1 saturated heterocycles. The van der Waals surface area contributed by atoms with Gasteiger partial charge in [0.2, 0.25) is 6.04 Å². The second-order valence-electron chi connectivity index (χ2n) is 8.23. The average molecular weight is 498 g/mol. The molecule has 2 aromatic rings. The molecule has 2 fully saturated rings. The fourth-order valence-corrected chi connectivity index (χ4v) is 6.75. The maximum Gasteiger partial charge on any atom is 0.266 e. The van der Waals surface area contributed by atoms with Crippen LogP contribution in [0, 0.1) is 12.4 Å². The lowest BCUT2D eigenvalue weighted by molar-refractivity contribution is 0.117. The van der Waals surface area contributed by atoms with Crippen LogP contribution in [-0.2, 0) is 10.0 Å². The van der Waals surface area contributed by atoms with Crippen LogP contribution in [0.3, 0.4) is 0 Å². The summed E-state index contributed by atoms with van der Waals surface area (Å²) in [5.41, 5.74) is 0.382. The minimum atomic E-state index is -4.15. The first-order chi connectivity index (χ1) is 15.4. The van der Waals surface area contributed by atoms with Crippen molar-refractivity contribution in [1.29, 1.82) is 0 Å². The van der Waals surface area contributed by atoms with Gasteiger partial charge in [-0.2, -0.15) is 0 Å². The number of nitrogens with zero attached hydrogens (tertiary/aromatic N) is 3. The molecule has 172 valence electrons. The molecule has 32 heavy (non-hydrogen) atoms. The predicted octanol–water partition coefficient (Wildman–Crippen LogP) is 4.84. The van der Waals surface area contributed by atoms with Crippen LogP contribution in [-0.4, -0.2) is 49.5 Å². The monoisotopic (exact) mass is 497 g/mol. The normalized spacial score (nSPS) is 24.6. The molecule has 11 heteroatoms. The van der Waals surface area contributed by atoms with Crippen molar-refractivity contribution < 1.29 is 12.8 Å². The molecule has 0 bridgehead atoms. The quantitative estimate of drug-likeness (QED) is 0.558. The van der Waals surface area contributed by atoms with E-state index in [4.69, 9.17) is 18.2 Å². The van der Waals surface area contributed by atoms with E-state index < -0.39 is 20.7 Å². The van der Waals surface area contributed by atoms with Gasteiger partial charge in [-0.05, 0) is 37.9 Å². The van der Waals surface area contributed by atoms with Crippen LogP contribution in [0.5, 0.6) is 0 Å². The average Bonchev–Trinajstić information content (AvgIpc) is 3.28. The van der Waals surface area contributed by atoms with E-state index in [0.717, 1.165) is 75.1 Å². The number of thiazole rings is 1. The summed E-state index contributed by atoms with van der Waals surface area (Å²) in [5, 5.41) is 5.31. The third-order valence-corrected chi connectivity index (χ3v) is 8.60. The lowest BCUT2D eigenvalue weighted by Gasteiger charge is -2.42. The van der Waals surface area contributed by atoms with E-state index in [-0.39, 0.29) is 28.3 Å². The maximum absolute atomic E-state index is 14.9. The highest BCUT2D eigenvalue weighted by molar-refractivity contribution is 7.93. The molecule has 4 rings (SSSR count). The van der Waals surface area contributed by atoms with Gasteiger partial charge in [-0.15, -0.1) is 11.3 Å². The maximum atomic E-state index is 14.9. The number of hydrogen-bond acceptors (Lipinski definition) is 6. The Morgan fingerprint density at radius 1 is 1.25 bits per heavy atom. The van der Waals surface area contributed by atoms with Crippen LogP contribution in [0.1, 0.15) is 38.5 Å². The molecule has 1 aromatic heterocycles. The van der Waals surface area contributed by atoms with Gasteiger partial charge in [0.15, 0.2) is 5.13 Å². The first-order valence-corrected chi connectivity index (χ1v) is 13.4. The van der Waals surface area contributed by atoms with E-state index in [1.54, 1.807) is 5.38 Å². The molecule has 0 unspecified atom stereocenters. The first kappa shape index (κ1) is 23.2. The summed E-state index contributed by atoms with van der Waals surface area (Å²) in [6.45, 7) is 9.09. The number of aromatic nitrogens is 1. The Morgan fingerprint density at radius 2 is 2.06 bits per heavy atom. The number of likely N-dealkylation sites (tertiary alicyclic amines) is 1. The van der Waals surface area contributed by atoms with Gasteiger partial charge < -0.3 is 10.2 Å². The highest BCUT2D eigenvalue weighted by Gasteiger charge is 2.35. The summed E-state index contributed by atoms with van der Waals surface area (Å²) in [5.74, 6) is -0.876. The van der Waals surface area contributed by atoms with Crippen LogP contribution < -0.4 is 10.0 Å². The molecular formula is C21H25ClFN5O2S2. The molecule has 2 aliphatic rings. The molecule has 2 heterocycles. The number of benzene rings is 1. The molecule has 1 aliphatic heterocycles. The second-order valence-corrected chi connectivity index (χ2v) is 11.2. The minimum absolute atomic E-state index is 0.0298. The van der Waals surface area contributed by atoms with Crippen LogP contribution in [0.4, 0.5) is 15.2 Å².